The Balaban J connectivity index is 0.000000302. The van der Waals surface area contributed by atoms with E-state index in [0.717, 1.165) is 5.56 Å². The maximum atomic E-state index is 8.54. The maximum absolute atomic E-state index is 8.54. The van der Waals surface area contributed by atoms with Crippen LogP contribution in [0.4, 0.5) is 0 Å². The first-order valence-corrected chi connectivity index (χ1v) is 6.99. The Bertz CT molecular complexity index is 225. The SMILES string of the molecule is CCCCCCCCC.OCc1ccccc1. The second kappa shape index (κ2) is 13.2. The van der Waals surface area contributed by atoms with E-state index in [1.807, 2.05) is 30.3 Å². The zero-order valence-corrected chi connectivity index (χ0v) is 11.5. The minimum Gasteiger partial charge on any atom is -0.392 e. The van der Waals surface area contributed by atoms with Crippen LogP contribution in [0.25, 0.3) is 0 Å². The number of rotatable bonds is 7. The van der Waals surface area contributed by atoms with Gasteiger partial charge in [0, 0.05) is 0 Å². The van der Waals surface area contributed by atoms with E-state index in [-0.39, 0.29) is 6.61 Å². The lowest BCUT2D eigenvalue weighted by molar-refractivity contribution is 0.282. The van der Waals surface area contributed by atoms with Gasteiger partial charge in [-0.1, -0.05) is 89.1 Å². The Kier molecular flexibility index (Phi) is 12.6. The monoisotopic (exact) mass is 236 g/mol. The van der Waals surface area contributed by atoms with Crippen LogP contribution in [0.3, 0.4) is 0 Å². The van der Waals surface area contributed by atoms with Crippen molar-refractivity contribution in [2.45, 2.75) is 65.4 Å². The smallest absolute Gasteiger partial charge is 0.0681 e. The number of unbranched alkanes of at least 4 members (excludes halogenated alkanes) is 6. The van der Waals surface area contributed by atoms with E-state index >= 15 is 0 Å². The molecule has 0 aromatic heterocycles. The molecule has 98 valence electrons. The van der Waals surface area contributed by atoms with Crippen LogP contribution in [0.5, 0.6) is 0 Å². The molecular formula is C16H28O. The van der Waals surface area contributed by atoms with Crippen LogP contribution in [-0.4, -0.2) is 5.11 Å². The van der Waals surface area contributed by atoms with Crippen LogP contribution in [0.2, 0.25) is 0 Å². The Morgan fingerprint density at radius 2 is 1.24 bits per heavy atom. The zero-order chi connectivity index (χ0) is 12.8. The van der Waals surface area contributed by atoms with Gasteiger partial charge in [-0.3, -0.25) is 0 Å². The van der Waals surface area contributed by atoms with Crippen LogP contribution in [0.1, 0.15) is 64.4 Å². The van der Waals surface area contributed by atoms with Gasteiger partial charge in [0.2, 0.25) is 0 Å². The van der Waals surface area contributed by atoms with Crippen molar-refractivity contribution in [2.24, 2.45) is 0 Å². The molecule has 0 aliphatic heterocycles. The quantitative estimate of drug-likeness (QED) is 0.665. The average molecular weight is 236 g/mol. The standard InChI is InChI=1S/C9H20.C7H8O/c1-3-5-7-9-8-6-4-2;8-6-7-4-2-1-3-5-7/h3-9H2,1-2H3;1-5,8H,6H2. The van der Waals surface area contributed by atoms with E-state index in [1.165, 1.54) is 44.9 Å². The minimum atomic E-state index is 0.140. The number of aliphatic hydroxyl groups is 1. The number of hydrogen-bond acceptors (Lipinski definition) is 1. The first-order valence-electron chi connectivity index (χ1n) is 6.99. The fourth-order valence-electron chi connectivity index (χ4n) is 1.61. The largest absolute Gasteiger partial charge is 0.392 e. The Morgan fingerprint density at radius 1 is 0.765 bits per heavy atom. The van der Waals surface area contributed by atoms with Gasteiger partial charge in [0.15, 0.2) is 0 Å². The van der Waals surface area contributed by atoms with Crippen molar-refractivity contribution in [3.05, 3.63) is 35.9 Å². The van der Waals surface area contributed by atoms with Gasteiger partial charge in [0.1, 0.15) is 0 Å². The summed E-state index contributed by atoms with van der Waals surface area (Å²) in [4.78, 5) is 0. The fourth-order valence-corrected chi connectivity index (χ4v) is 1.61. The zero-order valence-electron chi connectivity index (χ0n) is 11.5. The molecule has 0 unspecified atom stereocenters. The van der Waals surface area contributed by atoms with E-state index in [0.29, 0.717) is 0 Å². The van der Waals surface area contributed by atoms with Gasteiger partial charge in [-0.2, -0.15) is 0 Å². The molecule has 1 aromatic carbocycles. The molecule has 0 saturated heterocycles. The van der Waals surface area contributed by atoms with Crippen molar-refractivity contribution in [1.29, 1.82) is 0 Å². The summed E-state index contributed by atoms with van der Waals surface area (Å²) in [7, 11) is 0. The number of hydrogen-bond donors (Lipinski definition) is 1. The van der Waals surface area contributed by atoms with Crippen molar-refractivity contribution in [3.8, 4) is 0 Å². The fraction of sp³-hybridized carbons (Fsp3) is 0.625. The second-order valence-corrected chi connectivity index (χ2v) is 4.41. The molecular weight excluding hydrogens is 208 g/mol. The van der Waals surface area contributed by atoms with Gasteiger partial charge in [-0.05, 0) is 5.56 Å². The lowest BCUT2D eigenvalue weighted by atomic mass is 10.1. The van der Waals surface area contributed by atoms with Crippen LogP contribution in [0, 0.1) is 0 Å². The summed E-state index contributed by atoms with van der Waals surface area (Å²) >= 11 is 0. The van der Waals surface area contributed by atoms with Gasteiger partial charge in [0.25, 0.3) is 0 Å². The van der Waals surface area contributed by atoms with Crippen molar-refractivity contribution in [2.75, 3.05) is 0 Å². The van der Waals surface area contributed by atoms with E-state index in [1.54, 1.807) is 0 Å². The second-order valence-electron chi connectivity index (χ2n) is 4.41. The molecule has 1 rings (SSSR count). The third-order valence-corrected chi connectivity index (χ3v) is 2.73. The summed E-state index contributed by atoms with van der Waals surface area (Å²) in [5, 5.41) is 8.54. The molecule has 1 N–H and O–H groups in total. The number of benzene rings is 1. The van der Waals surface area contributed by atoms with Crippen LogP contribution >= 0.6 is 0 Å². The molecule has 0 spiro atoms. The van der Waals surface area contributed by atoms with E-state index in [4.69, 9.17) is 5.11 Å². The Morgan fingerprint density at radius 3 is 1.59 bits per heavy atom. The Labute approximate surface area is 107 Å². The predicted molar refractivity (Wildman–Crippen MR) is 76.0 cm³/mol. The molecule has 0 aliphatic carbocycles. The third kappa shape index (κ3) is 11.4. The molecule has 0 atom stereocenters. The summed E-state index contributed by atoms with van der Waals surface area (Å²) < 4.78 is 0. The average Bonchev–Trinajstić information content (AvgIpc) is 2.40. The molecule has 0 bridgehead atoms. The predicted octanol–water partition coefficient (Wildman–Crippen LogP) is 4.94. The summed E-state index contributed by atoms with van der Waals surface area (Å²) in [5.41, 5.74) is 0.965. The molecule has 0 heterocycles. The minimum absolute atomic E-state index is 0.140. The van der Waals surface area contributed by atoms with Crippen LogP contribution in [0.15, 0.2) is 30.3 Å². The van der Waals surface area contributed by atoms with Gasteiger partial charge in [0.05, 0.1) is 6.61 Å². The number of aliphatic hydroxyl groups excluding tert-OH is 1. The van der Waals surface area contributed by atoms with E-state index < -0.39 is 0 Å². The van der Waals surface area contributed by atoms with Gasteiger partial charge in [-0.15, -0.1) is 0 Å². The van der Waals surface area contributed by atoms with Crippen LogP contribution < -0.4 is 0 Å². The first kappa shape index (κ1) is 16.2. The summed E-state index contributed by atoms with van der Waals surface area (Å²) in [6, 6.07) is 9.52. The normalized spacial score (nSPS) is 9.59. The molecule has 0 saturated carbocycles. The molecule has 1 nitrogen and oxygen atoms in total. The van der Waals surface area contributed by atoms with Crippen molar-refractivity contribution in [3.63, 3.8) is 0 Å². The Hall–Kier alpha value is -0.820. The van der Waals surface area contributed by atoms with E-state index in [9.17, 15) is 0 Å². The van der Waals surface area contributed by atoms with Crippen molar-refractivity contribution >= 4 is 0 Å². The summed E-state index contributed by atoms with van der Waals surface area (Å²) in [5.74, 6) is 0. The summed E-state index contributed by atoms with van der Waals surface area (Å²) in [6.07, 6.45) is 9.97. The first-order chi connectivity index (χ1) is 8.35. The third-order valence-electron chi connectivity index (χ3n) is 2.73. The molecule has 0 amide bonds. The molecule has 17 heavy (non-hydrogen) atoms. The molecule has 1 heteroatoms. The highest BCUT2D eigenvalue weighted by Gasteiger charge is 1.85. The van der Waals surface area contributed by atoms with Crippen LogP contribution in [-0.2, 0) is 6.61 Å². The molecule has 0 fully saturated rings. The maximum Gasteiger partial charge on any atom is 0.0681 e. The highest BCUT2D eigenvalue weighted by Crippen LogP contribution is 2.05. The van der Waals surface area contributed by atoms with E-state index in [2.05, 4.69) is 13.8 Å². The van der Waals surface area contributed by atoms with Gasteiger partial charge >= 0.3 is 0 Å². The lowest BCUT2D eigenvalue weighted by Gasteiger charge is -1.96. The molecule has 1 aromatic rings. The van der Waals surface area contributed by atoms with Gasteiger partial charge < -0.3 is 5.11 Å². The summed E-state index contributed by atoms with van der Waals surface area (Å²) in [6.45, 7) is 4.67. The highest BCUT2D eigenvalue weighted by atomic mass is 16.3. The molecule has 0 radical (unpaired) electrons. The topological polar surface area (TPSA) is 20.2 Å². The van der Waals surface area contributed by atoms with Crippen molar-refractivity contribution in [1.82, 2.24) is 0 Å². The molecule has 0 aliphatic rings. The van der Waals surface area contributed by atoms with Crippen molar-refractivity contribution < 1.29 is 5.11 Å². The lowest BCUT2D eigenvalue weighted by Crippen LogP contribution is -1.77. The highest BCUT2D eigenvalue weighted by molar-refractivity contribution is 5.12. The van der Waals surface area contributed by atoms with Gasteiger partial charge in [-0.25, -0.2) is 0 Å².